The van der Waals surface area contributed by atoms with Crippen molar-refractivity contribution in [1.29, 1.82) is 0 Å². The van der Waals surface area contributed by atoms with Crippen molar-refractivity contribution in [2.75, 3.05) is 5.75 Å². The molecule has 6 rings (SSSR count). The third-order valence-electron chi connectivity index (χ3n) is 5.17. The summed E-state index contributed by atoms with van der Waals surface area (Å²) >= 11 is 0. The van der Waals surface area contributed by atoms with Crippen molar-refractivity contribution in [3.8, 4) is 0 Å². The highest BCUT2D eigenvalue weighted by atomic mass is 32.2. The third kappa shape index (κ3) is 1.45. The Hall–Kier alpha value is -1.99. The molecule has 0 radical (unpaired) electrons. The molecule has 0 saturated carbocycles. The van der Waals surface area contributed by atoms with Crippen LogP contribution in [0.25, 0.3) is 0 Å². The molecule has 3 aliphatic heterocycles. The lowest BCUT2D eigenvalue weighted by atomic mass is 9.67. The molecule has 3 aromatic carbocycles. The minimum absolute atomic E-state index is 0.0518. The highest BCUT2D eigenvalue weighted by Crippen LogP contribution is 2.56. The minimum atomic E-state index is 0.0518. The van der Waals surface area contributed by atoms with E-state index in [9.17, 15) is 0 Å². The lowest BCUT2D eigenvalue weighted by molar-refractivity contribution is 0.550. The molecule has 0 nitrogen and oxygen atoms in total. The predicted octanol–water partition coefficient (Wildman–Crippen LogP) is 4.77. The van der Waals surface area contributed by atoms with E-state index in [1.54, 1.807) is 9.79 Å². The van der Waals surface area contributed by atoms with Gasteiger partial charge in [-0.25, -0.2) is 0 Å². The summed E-state index contributed by atoms with van der Waals surface area (Å²) in [6, 6.07) is 29.3. The van der Waals surface area contributed by atoms with Crippen LogP contribution in [0, 0.1) is 0 Å². The van der Waals surface area contributed by atoms with Gasteiger partial charge in [0.05, 0.1) is 16.3 Å². The summed E-state index contributed by atoms with van der Waals surface area (Å²) in [5.41, 5.74) is 4.57. The van der Waals surface area contributed by atoms with Crippen LogP contribution in [-0.2, 0) is 16.3 Å². The van der Waals surface area contributed by atoms with Gasteiger partial charge in [0.1, 0.15) is 5.75 Å². The SMILES string of the molecule is c1ccc(C23CC[S+](c4ccccc42)c2ccccc23)cc1. The number of fused-ring (bicyclic) bond motifs is 1. The first-order chi connectivity index (χ1) is 10.9. The normalized spacial score (nSPS) is 24.6. The lowest BCUT2D eigenvalue weighted by Crippen LogP contribution is -2.43. The summed E-state index contributed by atoms with van der Waals surface area (Å²) in [7, 11) is 0.265. The van der Waals surface area contributed by atoms with Crippen LogP contribution in [0.3, 0.4) is 0 Å². The quantitative estimate of drug-likeness (QED) is 0.568. The van der Waals surface area contributed by atoms with Crippen molar-refractivity contribution in [3.05, 3.63) is 95.6 Å². The van der Waals surface area contributed by atoms with Gasteiger partial charge in [0.15, 0.2) is 9.79 Å². The highest BCUT2D eigenvalue weighted by molar-refractivity contribution is 7.97. The van der Waals surface area contributed by atoms with Gasteiger partial charge >= 0.3 is 0 Å². The molecule has 3 heterocycles. The lowest BCUT2D eigenvalue weighted by Gasteiger charge is -2.43. The largest absolute Gasteiger partial charge is 0.165 e. The van der Waals surface area contributed by atoms with Crippen molar-refractivity contribution in [2.45, 2.75) is 21.6 Å². The monoisotopic (exact) mass is 301 g/mol. The van der Waals surface area contributed by atoms with Crippen LogP contribution in [-0.4, -0.2) is 5.75 Å². The zero-order valence-electron chi connectivity index (χ0n) is 12.3. The molecule has 2 bridgehead atoms. The molecule has 0 saturated heterocycles. The van der Waals surface area contributed by atoms with Crippen molar-refractivity contribution in [1.82, 2.24) is 0 Å². The van der Waals surface area contributed by atoms with E-state index in [2.05, 4.69) is 78.9 Å². The second-order valence-corrected chi connectivity index (χ2v) is 8.18. The van der Waals surface area contributed by atoms with Crippen LogP contribution >= 0.6 is 0 Å². The van der Waals surface area contributed by atoms with Crippen molar-refractivity contribution < 1.29 is 0 Å². The van der Waals surface area contributed by atoms with Gasteiger partial charge in [0.25, 0.3) is 0 Å². The zero-order chi connectivity index (χ0) is 14.6. The second-order valence-electron chi connectivity index (χ2n) is 6.11. The van der Waals surface area contributed by atoms with Crippen LogP contribution in [0.5, 0.6) is 0 Å². The standard InChI is InChI=1S/C21H17S/c1-2-8-16(9-3-1)21-14-15-22(19-12-6-4-10-17(19)21)20-13-7-5-11-18(20)21/h1-13H,14-15H2/q+1. The molecule has 22 heavy (non-hydrogen) atoms. The van der Waals surface area contributed by atoms with Crippen LogP contribution in [0.2, 0.25) is 0 Å². The first-order valence-corrected chi connectivity index (χ1v) is 9.26. The Kier molecular flexibility index (Phi) is 2.57. The molecule has 0 aromatic heterocycles. The van der Waals surface area contributed by atoms with E-state index in [0.717, 1.165) is 0 Å². The Morgan fingerprint density at radius 3 is 1.82 bits per heavy atom. The summed E-state index contributed by atoms with van der Waals surface area (Å²) in [5.74, 6) is 1.28. The van der Waals surface area contributed by atoms with Crippen molar-refractivity contribution in [3.63, 3.8) is 0 Å². The first-order valence-electron chi connectivity index (χ1n) is 7.87. The number of hydrogen-bond donors (Lipinski definition) is 0. The topological polar surface area (TPSA) is 0 Å². The third-order valence-corrected chi connectivity index (χ3v) is 7.56. The van der Waals surface area contributed by atoms with E-state index in [1.807, 2.05) is 0 Å². The minimum Gasteiger partial charge on any atom is -0.0622 e. The Labute approximate surface area is 134 Å². The maximum Gasteiger partial charge on any atom is 0.165 e. The van der Waals surface area contributed by atoms with Crippen LogP contribution in [0.4, 0.5) is 0 Å². The summed E-state index contributed by atoms with van der Waals surface area (Å²) in [6.07, 6.45) is 1.23. The fourth-order valence-corrected chi connectivity index (χ4v) is 6.94. The maximum absolute atomic E-state index is 2.36. The van der Waals surface area contributed by atoms with E-state index >= 15 is 0 Å². The number of benzene rings is 3. The molecule has 0 amide bonds. The molecule has 0 aliphatic carbocycles. The maximum atomic E-state index is 2.36. The Morgan fingerprint density at radius 1 is 0.636 bits per heavy atom. The fraction of sp³-hybridized carbons (Fsp3) is 0.143. The van der Waals surface area contributed by atoms with Gasteiger partial charge in [0.2, 0.25) is 0 Å². The molecule has 3 aliphatic rings. The van der Waals surface area contributed by atoms with Crippen molar-refractivity contribution in [2.24, 2.45) is 0 Å². The molecular weight excluding hydrogens is 284 g/mol. The van der Waals surface area contributed by atoms with Gasteiger partial charge in [0, 0.05) is 17.5 Å². The van der Waals surface area contributed by atoms with Gasteiger partial charge in [-0.3, -0.25) is 0 Å². The van der Waals surface area contributed by atoms with Crippen LogP contribution < -0.4 is 0 Å². The molecule has 0 atom stereocenters. The summed E-state index contributed by atoms with van der Waals surface area (Å²) in [6.45, 7) is 0. The Balaban J connectivity index is 1.92. The van der Waals surface area contributed by atoms with Gasteiger partial charge < -0.3 is 0 Å². The van der Waals surface area contributed by atoms with E-state index in [1.165, 1.54) is 28.9 Å². The van der Waals surface area contributed by atoms with Crippen molar-refractivity contribution >= 4 is 10.9 Å². The van der Waals surface area contributed by atoms with Gasteiger partial charge in [-0.1, -0.05) is 66.7 Å². The summed E-state index contributed by atoms with van der Waals surface area (Å²) < 4.78 is 0. The molecule has 1 heteroatoms. The number of rotatable bonds is 1. The van der Waals surface area contributed by atoms with E-state index in [0.29, 0.717) is 0 Å². The van der Waals surface area contributed by atoms with E-state index < -0.39 is 0 Å². The molecule has 106 valence electrons. The summed E-state index contributed by atoms with van der Waals surface area (Å²) in [5, 5.41) is 0. The molecular formula is C21H17S+. The summed E-state index contributed by atoms with van der Waals surface area (Å²) in [4.78, 5) is 3.13. The van der Waals surface area contributed by atoms with Crippen LogP contribution in [0.15, 0.2) is 88.7 Å². The van der Waals surface area contributed by atoms with E-state index in [-0.39, 0.29) is 16.3 Å². The average Bonchev–Trinajstić information content (AvgIpc) is 2.63. The van der Waals surface area contributed by atoms with Gasteiger partial charge in [-0.15, -0.1) is 0 Å². The second kappa shape index (κ2) is 4.50. The highest BCUT2D eigenvalue weighted by Gasteiger charge is 2.55. The zero-order valence-corrected chi connectivity index (χ0v) is 13.1. The predicted molar refractivity (Wildman–Crippen MR) is 92.6 cm³/mol. The molecule has 0 N–H and O–H groups in total. The molecule has 3 aromatic rings. The fourth-order valence-electron chi connectivity index (χ4n) is 4.25. The smallest absolute Gasteiger partial charge is 0.0622 e. The molecule has 0 spiro atoms. The van der Waals surface area contributed by atoms with Gasteiger partial charge in [-0.2, -0.15) is 0 Å². The Bertz CT molecular complexity index is 803. The first kappa shape index (κ1) is 12.5. The molecule has 0 fully saturated rings. The van der Waals surface area contributed by atoms with Gasteiger partial charge in [-0.05, 0) is 17.7 Å². The van der Waals surface area contributed by atoms with E-state index in [4.69, 9.17) is 0 Å². The average molecular weight is 301 g/mol. The Morgan fingerprint density at radius 2 is 1.18 bits per heavy atom. The molecule has 0 unspecified atom stereocenters. The number of hydrogen-bond acceptors (Lipinski definition) is 0. The van der Waals surface area contributed by atoms with Crippen LogP contribution in [0.1, 0.15) is 23.1 Å².